The van der Waals surface area contributed by atoms with Gasteiger partial charge in [-0.3, -0.25) is 0 Å². The van der Waals surface area contributed by atoms with E-state index in [2.05, 4.69) is 227 Å². The summed E-state index contributed by atoms with van der Waals surface area (Å²) < 4.78 is 2.94. The van der Waals surface area contributed by atoms with Crippen LogP contribution in [0, 0.1) is 13.8 Å². The van der Waals surface area contributed by atoms with E-state index in [-0.39, 0.29) is 55.4 Å². The summed E-state index contributed by atoms with van der Waals surface area (Å²) >= 11 is 2.11. The molecule has 0 radical (unpaired) electrons. The number of nitrogens with zero attached hydrogens (tertiary/aromatic N) is 2. The molecule has 4 heteroatoms. The van der Waals surface area contributed by atoms with Gasteiger partial charge in [0.05, 0.1) is 5.69 Å². The summed E-state index contributed by atoms with van der Waals surface area (Å²) in [6.45, 7) is 52.4. The third kappa shape index (κ3) is 7.12. The highest BCUT2D eigenvalue weighted by Gasteiger charge is 2.51. The number of hydrogen-bond acceptors (Lipinski definition) is 3. The van der Waals surface area contributed by atoms with Gasteiger partial charge in [0.2, 0.25) is 0 Å². The Kier molecular flexibility index (Phi) is 10.4. The second kappa shape index (κ2) is 15.3. The SMILES string of the molecule is Cc1cc2c(cc1N1c3cc4c(cc3B3c5sc6cc7c(cc6c5N(c5cc6c(cc5C)C(C)(C)CCC6(C)C)c5cc(C(C)(C)C)cc1c53)C(C)(C)CCC7(C)C)C(C)(C)CCC4(C)C)C(C)(C)CCC2(C)C. The Labute approximate surface area is 452 Å². The Morgan fingerprint density at radius 2 is 0.730 bits per heavy atom. The maximum absolute atomic E-state index is 2.85. The van der Waals surface area contributed by atoms with Gasteiger partial charge in [0, 0.05) is 43.3 Å². The summed E-state index contributed by atoms with van der Waals surface area (Å²) in [6, 6.07) is 26.8. The highest BCUT2D eigenvalue weighted by atomic mass is 32.1. The van der Waals surface area contributed by atoms with Gasteiger partial charge in [-0.25, -0.2) is 0 Å². The zero-order valence-corrected chi connectivity index (χ0v) is 50.6. The number of anilines is 6. The molecular formula is C70H89BN2S. The maximum atomic E-state index is 2.85. The number of thiophene rings is 1. The molecule has 0 amide bonds. The fraction of sp³-hybridized carbons (Fsp3) is 0.543. The fourth-order valence-electron chi connectivity index (χ4n) is 15.4. The zero-order chi connectivity index (χ0) is 53.4. The van der Waals surface area contributed by atoms with Gasteiger partial charge in [-0.1, -0.05) is 150 Å². The zero-order valence-electron chi connectivity index (χ0n) is 49.8. The van der Waals surface area contributed by atoms with E-state index in [0.29, 0.717) is 0 Å². The van der Waals surface area contributed by atoms with E-state index in [1.807, 2.05) is 0 Å². The monoisotopic (exact) mass is 1000 g/mol. The third-order valence-corrected chi connectivity index (χ3v) is 22.5. The van der Waals surface area contributed by atoms with E-state index in [0.717, 1.165) is 0 Å². The molecule has 5 aromatic carbocycles. The lowest BCUT2D eigenvalue weighted by molar-refractivity contribution is 0.331. The number of aryl methyl sites for hydroxylation is 2. The average Bonchev–Trinajstić information content (AvgIpc) is 3.68. The van der Waals surface area contributed by atoms with Crippen molar-refractivity contribution in [2.75, 3.05) is 9.80 Å². The molecule has 74 heavy (non-hydrogen) atoms. The van der Waals surface area contributed by atoms with Crippen molar-refractivity contribution < 1.29 is 0 Å². The van der Waals surface area contributed by atoms with Crippen LogP contribution in [-0.2, 0) is 48.7 Å². The smallest absolute Gasteiger partial charge is 0.264 e. The molecule has 2 aliphatic heterocycles. The molecule has 0 atom stereocenters. The molecule has 0 spiro atoms. The molecule has 2 nitrogen and oxygen atoms in total. The highest BCUT2D eigenvalue weighted by molar-refractivity contribution is 7.33. The minimum atomic E-state index is -0.111. The van der Waals surface area contributed by atoms with Gasteiger partial charge in [0.1, 0.15) is 0 Å². The lowest BCUT2D eigenvalue weighted by atomic mass is 9.35. The van der Waals surface area contributed by atoms with Gasteiger partial charge >= 0.3 is 0 Å². The minimum absolute atomic E-state index is 0.0539. The second-order valence-electron chi connectivity index (χ2n) is 31.4. The molecule has 12 rings (SSSR count). The lowest BCUT2D eigenvalue weighted by Gasteiger charge is -2.48. The first-order valence-electron chi connectivity index (χ1n) is 29.0. The second-order valence-corrected chi connectivity index (χ2v) is 32.5. The van der Waals surface area contributed by atoms with Crippen LogP contribution >= 0.6 is 11.3 Å². The van der Waals surface area contributed by atoms with Crippen molar-refractivity contribution in [2.24, 2.45) is 0 Å². The van der Waals surface area contributed by atoms with Crippen molar-refractivity contribution in [3.05, 3.63) is 122 Å². The minimum Gasteiger partial charge on any atom is -0.311 e. The predicted octanol–water partition coefficient (Wildman–Crippen LogP) is 18.3. The molecule has 0 saturated carbocycles. The topological polar surface area (TPSA) is 6.48 Å². The molecule has 1 aromatic heterocycles. The molecule has 388 valence electrons. The summed E-state index contributed by atoms with van der Waals surface area (Å²) in [4.78, 5) is 5.66. The van der Waals surface area contributed by atoms with E-state index in [1.54, 1.807) is 16.7 Å². The molecule has 3 heterocycles. The molecule has 0 saturated heterocycles. The maximum Gasteiger partial charge on any atom is 0.264 e. The van der Waals surface area contributed by atoms with Crippen LogP contribution < -0.4 is 25.5 Å². The quantitative estimate of drug-likeness (QED) is 0.159. The summed E-state index contributed by atoms with van der Waals surface area (Å²) in [5.41, 5.74) is 28.2. The number of hydrogen-bond donors (Lipinski definition) is 0. The first-order valence-corrected chi connectivity index (χ1v) is 29.8. The van der Waals surface area contributed by atoms with Crippen LogP contribution in [0.25, 0.3) is 10.1 Å². The number of rotatable bonds is 2. The lowest BCUT2D eigenvalue weighted by Crippen LogP contribution is -2.61. The van der Waals surface area contributed by atoms with Gasteiger partial charge in [-0.2, -0.15) is 0 Å². The summed E-state index contributed by atoms with van der Waals surface area (Å²) in [5.74, 6) is 0. The van der Waals surface area contributed by atoms with Gasteiger partial charge in [0.25, 0.3) is 6.71 Å². The molecule has 0 unspecified atom stereocenters. The largest absolute Gasteiger partial charge is 0.311 e. The van der Waals surface area contributed by atoms with E-state index in [9.17, 15) is 0 Å². The van der Waals surface area contributed by atoms with Gasteiger partial charge < -0.3 is 9.80 Å². The molecule has 0 fully saturated rings. The molecule has 0 bridgehead atoms. The van der Waals surface area contributed by atoms with Crippen LogP contribution in [0.15, 0.2) is 60.7 Å². The van der Waals surface area contributed by atoms with Crippen LogP contribution in [0.2, 0.25) is 0 Å². The molecule has 0 N–H and O–H groups in total. The van der Waals surface area contributed by atoms with E-state index >= 15 is 0 Å². The van der Waals surface area contributed by atoms with Crippen molar-refractivity contribution in [3.63, 3.8) is 0 Å². The Bertz CT molecular complexity index is 3430. The summed E-state index contributed by atoms with van der Waals surface area (Å²) in [7, 11) is 0. The van der Waals surface area contributed by atoms with Crippen molar-refractivity contribution >= 4 is 78.0 Å². The Hall–Kier alpha value is -4.28. The molecular weight excluding hydrogens is 912 g/mol. The van der Waals surface area contributed by atoms with Crippen molar-refractivity contribution in [1.29, 1.82) is 0 Å². The number of fused-ring (bicyclic) bond motifs is 10. The fourth-order valence-corrected chi connectivity index (χ4v) is 16.8. The number of benzene rings is 5. The van der Waals surface area contributed by atoms with E-state index < -0.39 is 0 Å². The third-order valence-electron chi connectivity index (χ3n) is 21.3. The van der Waals surface area contributed by atoms with E-state index in [1.165, 1.54) is 156 Å². The molecule has 4 aliphatic carbocycles. The van der Waals surface area contributed by atoms with Crippen LogP contribution in [0.3, 0.4) is 0 Å². The van der Waals surface area contributed by atoms with E-state index in [4.69, 9.17) is 0 Å². The Morgan fingerprint density at radius 1 is 0.392 bits per heavy atom. The van der Waals surface area contributed by atoms with Gasteiger partial charge in [-0.15, -0.1) is 11.3 Å². The Balaban J connectivity index is 1.27. The van der Waals surface area contributed by atoms with Gasteiger partial charge in [0.15, 0.2) is 0 Å². The van der Waals surface area contributed by atoms with Crippen molar-refractivity contribution in [2.45, 2.75) is 245 Å². The van der Waals surface area contributed by atoms with Crippen LogP contribution in [-0.4, -0.2) is 6.71 Å². The Morgan fingerprint density at radius 3 is 1.15 bits per heavy atom. The van der Waals surface area contributed by atoms with Crippen LogP contribution in [0.5, 0.6) is 0 Å². The van der Waals surface area contributed by atoms with Gasteiger partial charge in [-0.05, 0) is 229 Å². The predicted molar refractivity (Wildman–Crippen MR) is 325 cm³/mol. The first-order chi connectivity index (χ1) is 34.1. The van der Waals surface area contributed by atoms with Crippen molar-refractivity contribution in [1.82, 2.24) is 0 Å². The highest BCUT2D eigenvalue weighted by Crippen LogP contribution is 2.58. The molecule has 6 aromatic rings. The average molecular weight is 1000 g/mol. The van der Waals surface area contributed by atoms with Crippen LogP contribution in [0.4, 0.5) is 34.1 Å². The van der Waals surface area contributed by atoms with Crippen molar-refractivity contribution in [3.8, 4) is 0 Å². The summed E-state index contributed by atoms with van der Waals surface area (Å²) in [6.07, 6.45) is 9.58. The molecule has 6 aliphatic rings. The standard InChI is InChI=1S/C70H89BN2S/c1-40-30-44-48(67(14,15)26-22-63(44,6)7)36-53(40)72-55-38-50-47(66(12,13)25-28-69(50,18)19)35-52(55)71-59-56(72)32-42(62(3,4)5)33-57(59)73(54-37-49-45(31-41(54)2)64(8,9)23-27-68(49,16)17)60-43-34-46-51(39-58(43)74-61(60)71)70(20,21)29-24-65(46,10)11/h30-39H,22-29H2,1-21H3. The van der Waals surface area contributed by atoms with Crippen LogP contribution in [0.1, 0.15) is 244 Å². The first kappa shape index (κ1) is 50.5. The summed E-state index contributed by atoms with van der Waals surface area (Å²) in [5, 5.41) is 1.43. The normalized spacial score (nSPS) is 22.5.